The van der Waals surface area contributed by atoms with E-state index in [4.69, 9.17) is 18.9 Å². The average molecular weight is 601 g/mol. The maximum atomic E-state index is 14.5. The molecule has 0 saturated carbocycles. The van der Waals surface area contributed by atoms with Crippen molar-refractivity contribution in [2.45, 2.75) is 51.6 Å². The number of allylic oxidation sites excluding steroid dienone is 2. The summed E-state index contributed by atoms with van der Waals surface area (Å²) in [7, 11) is 6.17. The van der Waals surface area contributed by atoms with Crippen molar-refractivity contribution in [3.05, 3.63) is 86.3 Å². The van der Waals surface area contributed by atoms with Crippen LogP contribution in [0.3, 0.4) is 0 Å². The summed E-state index contributed by atoms with van der Waals surface area (Å²) in [4.78, 5) is 45.3. The summed E-state index contributed by atoms with van der Waals surface area (Å²) in [5, 5.41) is 11.6. The quantitative estimate of drug-likeness (QED) is 0.479. The molecule has 10 nitrogen and oxygen atoms in total. The molecule has 1 fully saturated rings. The Morgan fingerprint density at radius 2 is 1.55 bits per heavy atom. The van der Waals surface area contributed by atoms with E-state index in [2.05, 4.69) is 0 Å². The largest absolute Gasteiger partial charge is 0.493 e. The number of fused-ring (bicyclic) bond motifs is 6. The second-order valence-corrected chi connectivity index (χ2v) is 11.5. The van der Waals surface area contributed by atoms with E-state index in [9.17, 15) is 19.5 Å². The molecule has 1 N–H and O–H groups in total. The maximum absolute atomic E-state index is 14.5. The van der Waals surface area contributed by atoms with Gasteiger partial charge < -0.3 is 29.0 Å². The van der Waals surface area contributed by atoms with Gasteiger partial charge >= 0.3 is 0 Å². The summed E-state index contributed by atoms with van der Waals surface area (Å²) in [6.45, 7) is 5.81. The Balaban J connectivity index is 1.58. The minimum absolute atomic E-state index is 0.0433. The number of rotatable bonds is 7. The number of aliphatic hydroxyl groups excluding tert-OH is 1. The first-order valence-electron chi connectivity index (χ1n) is 14.5. The number of aliphatic hydroxyl groups is 1. The first-order chi connectivity index (χ1) is 21.1. The average Bonchev–Trinajstić information content (AvgIpc) is 3.01. The van der Waals surface area contributed by atoms with Gasteiger partial charge in [-0.2, -0.15) is 0 Å². The Bertz CT molecular complexity index is 1690. The summed E-state index contributed by atoms with van der Waals surface area (Å²) >= 11 is 0. The fourth-order valence-electron chi connectivity index (χ4n) is 7.20. The Morgan fingerprint density at radius 1 is 0.864 bits per heavy atom. The molecule has 2 aromatic rings. The van der Waals surface area contributed by atoms with Gasteiger partial charge in [-0.05, 0) is 56.1 Å². The summed E-state index contributed by atoms with van der Waals surface area (Å²) in [6, 6.07) is 7.11. The minimum atomic E-state index is -1.52. The predicted octanol–water partition coefficient (Wildman–Crippen LogP) is 3.19. The maximum Gasteiger partial charge on any atom is 0.247 e. The zero-order valence-electron chi connectivity index (χ0n) is 25.9. The van der Waals surface area contributed by atoms with Crippen LogP contribution >= 0.6 is 0 Å². The lowest BCUT2D eigenvalue weighted by atomic mass is 9.72. The Labute approximate surface area is 256 Å². The molecule has 1 amide bonds. The lowest BCUT2D eigenvalue weighted by Gasteiger charge is -2.55. The molecule has 230 valence electrons. The molecule has 3 aliphatic heterocycles. The van der Waals surface area contributed by atoms with Crippen LogP contribution in [-0.4, -0.2) is 85.6 Å². The Morgan fingerprint density at radius 3 is 2.18 bits per heavy atom. The summed E-state index contributed by atoms with van der Waals surface area (Å²) in [5.74, 6) is -0.409. The van der Waals surface area contributed by atoms with E-state index in [1.54, 1.807) is 31.1 Å². The van der Waals surface area contributed by atoms with Crippen LogP contribution < -0.4 is 9.47 Å². The van der Waals surface area contributed by atoms with Crippen molar-refractivity contribution >= 4 is 23.5 Å². The molecule has 44 heavy (non-hydrogen) atoms. The highest BCUT2D eigenvalue weighted by atomic mass is 16.5. The SMILES string of the molecule is COC1=C(C)C(=O)C2=C(C1=O)[C@@H]1C3=Cc4c(C)c(C)c(OC)c(OC)c4[C@H](COCc4ccccc4)N3C(=O)[C@H]([C@H]2O)N1C. The second-order valence-electron chi connectivity index (χ2n) is 11.5. The van der Waals surface area contributed by atoms with Gasteiger partial charge in [-0.15, -0.1) is 0 Å². The third kappa shape index (κ3) is 4.08. The number of ether oxygens (including phenoxy) is 4. The lowest BCUT2D eigenvalue weighted by molar-refractivity contribution is -0.150. The number of Topliss-reactive ketones (excluding diaryl/α,β-unsaturated/α-hetero) is 2. The van der Waals surface area contributed by atoms with Crippen LogP contribution in [0.2, 0.25) is 0 Å². The fraction of sp³-hybridized carbons (Fsp3) is 0.382. The number of likely N-dealkylation sites (N-methyl/N-ethyl adjacent to an activating group) is 1. The van der Waals surface area contributed by atoms with E-state index in [0.717, 1.165) is 22.3 Å². The highest BCUT2D eigenvalue weighted by Gasteiger charge is 2.59. The van der Waals surface area contributed by atoms with Gasteiger partial charge in [-0.25, -0.2) is 0 Å². The van der Waals surface area contributed by atoms with E-state index in [0.29, 0.717) is 29.4 Å². The van der Waals surface area contributed by atoms with Gasteiger partial charge in [0.1, 0.15) is 12.1 Å². The van der Waals surface area contributed by atoms with Crippen molar-refractivity contribution in [1.82, 2.24) is 9.80 Å². The van der Waals surface area contributed by atoms with Crippen molar-refractivity contribution in [3.8, 4) is 11.5 Å². The highest BCUT2D eigenvalue weighted by molar-refractivity contribution is 6.26. The Hall–Kier alpha value is -4.25. The summed E-state index contributed by atoms with van der Waals surface area (Å²) in [5.41, 5.74) is 4.99. The van der Waals surface area contributed by atoms with Crippen LogP contribution in [0.4, 0.5) is 0 Å². The molecule has 10 heteroatoms. The molecular formula is C34H36N2O8. The van der Waals surface area contributed by atoms with Crippen LogP contribution in [0, 0.1) is 13.8 Å². The number of hydrogen-bond donors (Lipinski definition) is 1. The van der Waals surface area contributed by atoms with Crippen molar-refractivity contribution < 1.29 is 38.4 Å². The number of carbonyl (C=O) groups excluding carboxylic acids is 3. The monoisotopic (exact) mass is 600 g/mol. The smallest absolute Gasteiger partial charge is 0.247 e. The molecule has 3 heterocycles. The van der Waals surface area contributed by atoms with Crippen LogP contribution in [0.25, 0.3) is 6.08 Å². The molecule has 4 aliphatic rings. The summed E-state index contributed by atoms with van der Waals surface area (Å²) in [6.07, 6.45) is 0.369. The molecule has 2 bridgehead atoms. The molecule has 4 atom stereocenters. The Kier molecular flexibility index (Phi) is 7.47. The minimum Gasteiger partial charge on any atom is -0.493 e. The van der Waals surface area contributed by atoms with E-state index in [-0.39, 0.29) is 29.1 Å². The number of hydrogen-bond acceptors (Lipinski definition) is 9. The molecule has 1 aliphatic carbocycles. The number of amides is 1. The third-order valence-corrected chi connectivity index (χ3v) is 9.41. The number of ketones is 2. The van der Waals surface area contributed by atoms with E-state index in [1.165, 1.54) is 14.0 Å². The molecule has 6 rings (SSSR count). The van der Waals surface area contributed by atoms with Gasteiger partial charge in [-0.1, -0.05) is 30.3 Å². The normalized spacial score (nSPS) is 24.6. The number of methoxy groups -OCH3 is 3. The predicted molar refractivity (Wildman–Crippen MR) is 161 cm³/mol. The molecule has 0 aromatic heterocycles. The third-order valence-electron chi connectivity index (χ3n) is 9.41. The van der Waals surface area contributed by atoms with Crippen molar-refractivity contribution in [1.29, 1.82) is 0 Å². The number of carbonyl (C=O) groups is 3. The van der Waals surface area contributed by atoms with Gasteiger partial charge in [-0.3, -0.25) is 19.3 Å². The molecule has 2 aromatic carbocycles. The molecule has 0 radical (unpaired) electrons. The van der Waals surface area contributed by atoms with Gasteiger partial charge in [0.25, 0.3) is 0 Å². The zero-order valence-corrected chi connectivity index (χ0v) is 25.9. The van der Waals surface area contributed by atoms with Crippen LogP contribution in [0.5, 0.6) is 11.5 Å². The van der Waals surface area contributed by atoms with Crippen molar-refractivity contribution in [2.24, 2.45) is 0 Å². The van der Waals surface area contributed by atoms with E-state index in [1.807, 2.05) is 50.3 Å². The van der Waals surface area contributed by atoms with Gasteiger partial charge in [0, 0.05) is 28.0 Å². The fourth-order valence-corrected chi connectivity index (χ4v) is 7.20. The standard InChI is InChI=1S/C34H36N2O8/c1-16-17(2)32(42-6)33(43-7)23-20(16)13-21-26-24-25(28(37)18(3)31(41-5)30(24)39)29(38)27(35(26)4)34(40)36(21)22(23)15-44-14-19-11-9-8-10-12-19/h8-13,22,26-27,29,38H,14-15H2,1-7H3/t22-,26-,27-,29-/m0/s1. The van der Waals surface area contributed by atoms with Crippen LogP contribution in [-0.2, 0) is 30.5 Å². The summed E-state index contributed by atoms with van der Waals surface area (Å²) < 4.78 is 23.4. The number of piperazine rings is 1. The van der Waals surface area contributed by atoms with Crippen LogP contribution in [0.15, 0.2) is 58.5 Å². The van der Waals surface area contributed by atoms with E-state index < -0.39 is 41.7 Å². The first-order valence-corrected chi connectivity index (χ1v) is 14.5. The van der Waals surface area contributed by atoms with E-state index >= 15 is 0 Å². The first kappa shape index (κ1) is 29.8. The van der Waals surface area contributed by atoms with Crippen molar-refractivity contribution in [2.75, 3.05) is 35.0 Å². The molecule has 0 spiro atoms. The lowest BCUT2D eigenvalue weighted by Crippen LogP contribution is -2.68. The second kappa shape index (κ2) is 11.0. The molecule has 1 saturated heterocycles. The topological polar surface area (TPSA) is 115 Å². The number of benzene rings is 2. The highest BCUT2D eigenvalue weighted by Crippen LogP contribution is 2.53. The molecule has 0 unspecified atom stereocenters. The van der Waals surface area contributed by atoms with Gasteiger partial charge in [0.2, 0.25) is 11.7 Å². The van der Waals surface area contributed by atoms with Gasteiger partial charge in [0.15, 0.2) is 23.0 Å². The van der Waals surface area contributed by atoms with Crippen molar-refractivity contribution in [3.63, 3.8) is 0 Å². The molecular weight excluding hydrogens is 564 g/mol. The van der Waals surface area contributed by atoms with Gasteiger partial charge in [0.05, 0.1) is 46.6 Å². The zero-order chi connectivity index (χ0) is 31.6. The van der Waals surface area contributed by atoms with Crippen LogP contribution in [0.1, 0.15) is 40.8 Å². The number of nitrogens with zero attached hydrogens (tertiary/aromatic N) is 2.